The lowest BCUT2D eigenvalue weighted by Gasteiger charge is -2.15. The standard InChI is InChI=1S/C14H17FO/c1-10-11(2)14(15)16-13(10)9-8-12-6-4-3-5-7-12/h3-7,10,13H,8-9H2,1-2H3/t10-,13+/m1/s1. The summed E-state index contributed by atoms with van der Waals surface area (Å²) in [7, 11) is 0. The number of rotatable bonds is 3. The molecule has 0 spiro atoms. The summed E-state index contributed by atoms with van der Waals surface area (Å²) < 4.78 is 18.4. The summed E-state index contributed by atoms with van der Waals surface area (Å²) in [6.45, 7) is 3.83. The van der Waals surface area contributed by atoms with Crippen molar-refractivity contribution in [3.05, 3.63) is 47.5 Å². The van der Waals surface area contributed by atoms with E-state index in [0.29, 0.717) is 0 Å². The normalized spacial score (nSPS) is 24.7. The molecular weight excluding hydrogens is 203 g/mol. The zero-order chi connectivity index (χ0) is 11.5. The van der Waals surface area contributed by atoms with Crippen LogP contribution in [0.15, 0.2) is 41.9 Å². The van der Waals surface area contributed by atoms with Gasteiger partial charge in [0.1, 0.15) is 6.10 Å². The Kier molecular flexibility index (Phi) is 3.28. The molecule has 16 heavy (non-hydrogen) atoms. The lowest BCUT2D eigenvalue weighted by molar-refractivity contribution is 0.0712. The van der Waals surface area contributed by atoms with Crippen molar-refractivity contribution in [2.45, 2.75) is 32.8 Å². The molecule has 2 rings (SSSR count). The first-order chi connectivity index (χ1) is 7.68. The number of halogens is 1. The molecule has 0 radical (unpaired) electrons. The molecule has 0 aliphatic carbocycles. The molecule has 2 heteroatoms. The lowest BCUT2D eigenvalue weighted by atomic mass is 9.94. The molecule has 1 aromatic carbocycles. The second kappa shape index (κ2) is 4.69. The lowest BCUT2D eigenvalue weighted by Crippen LogP contribution is -2.16. The van der Waals surface area contributed by atoms with Crippen molar-refractivity contribution in [2.24, 2.45) is 5.92 Å². The van der Waals surface area contributed by atoms with Crippen LogP contribution in [-0.4, -0.2) is 6.10 Å². The van der Waals surface area contributed by atoms with Crippen LogP contribution >= 0.6 is 0 Å². The van der Waals surface area contributed by atoms with Gasteiger partial charge in [-0.1, -0.05) is 37.3 Å². The number of benzene rings is 1. The van der Waals surface area contributed by atoms with E-state index in [-0.39, 0.29) is 18.0 Å². The minimum Gasteiger partial charge on any atom is -0.467 e. The van der Waals surface area contributed by atoms with Crippen molar-refractivity contribution in [2.75, 3.05) is 0 Å². The van der Waals surface area contributed by atoms with Gasteiger partial charge < -0.3 is 4.74 Å². The largest absolute Gasteiger partial charge is 0.467 e. The van der Waals surface area contributed by atoms with Crippen LogP contribution in [0.4, 0.5) is 4.39 Å². The number of hydrogen-bond donors (Lipinski definition) is 0. The molecule has 0 N–H and O–H groups in total. The molecule has 1 aliphatic heterocycles. The van der Waals surface area contributed by atoms with Crippen molar-refractivity contribution < 1.29 is 9.13 Å². The molecular formula is C14H17FO. The maximum atomic E-state index is 13.2. The summed E-state index contributed by atoms with van der Waals surface area (Å²) in [4.78, 5) is 0. The van der Waals surface area contributed by atoms with Gasteiger partial charge in [-0.2, -0.15) is 4.39 Å². The van der Waals surface area contributed by atoms with Gasteiger partial charge in [-0.3, -0.25) is 0 Å². The Morgan fingerprint density at radius 1 is 1.25 bits per heavy atom. The third-order valence-corrected chi connectivity index (χ3v) is 3.37. The summed E-state index contributed by atoms with van der Waals surface area (Å²) in [5.74, 6) is 0.198. The van der Waals surface area contributed by atoms with Gasteiger partial charge >= 0.3 is 0 Å². The highest BCUT2D eigenvalue weighted by atomic mass is 19.1. The van der Waals surface area contributed by atoms with Crippen molar-refractivity contribution in [3.8, 4) is 0 Å². The summed E-state index contributed by atoms with van der Waals surface area (Å²) in [6.07, 6.45) is 1.81. The molecule has 0 bridgehead atoms. The summed E-state index contributed by atoms with van der Waals surface area (Å²) in [5, 5.41) is 0. The minimum atomic E-state index is -0.370. The molecule has 0 amide bonds. The van der Waals surface area contributed by atoms with Crippen LogP contribution in [0, 0.1) is 5.92 Å². The fourth-order valence-corrected chi connectivity index (χ4v) is 2.05. The van der Waals surface area contributed by atoms with Crippen molar-refractivity contribution in [1.29, 1.82) is 0 Å². The molecule has 0 saturated heterocycles. The van der Waals surface area contributed by atoms with Crippen LogP contribution in [0.25, 0.3) is 0 Å². The molecule has 0 saturated carbocycles. The highest BCUT2D eigenvalue weighted by Crippen LogP contribution is 2.33. The Morgan fingerprint density at radius 3 is 2.50 bits per heavy atom. The van der Waals surface area contributed by atoms with E-state index in [4.69, 9.17) is 4.74 Å². The van der Waals surface area contributed by atoms with Crippen molar-refractivity contribution in [3.63, 3.8) is 0 Å². The number of hydrogen-bond acceptors (Lipinski definition) is 1. The van der Waals surface area contributed by atoms with Gasteiger partial charge in [0.25, 0.3) is 6.01 Å². The molecule has 1 aliphatic rings. The SMILES string of the molecule is CC1=C(F)O[C@@H](CCc2ccccc2)[C@@H]1C. The highest BCUT2D eigenvalue weighted by Gasteiger charge is 2.30. The van der Waals surface area contributed by atoms with Crippen LogP contribution in [0.5, 0.6) is 0 Å². The summed E-state index contributed by atoms with van der Waals surface area (Å²) in [6, 6.07) is 9.87. The molecule has 0 unspecified atom stereocenters. The second-order valence-corrected chi connectivity index (χ2v) is 4.43. The van der Waals surface area contributed by atoms with Crippen LogP contribution in [0.1, 0.15) is 25.8 Å². The minimum absolute atomic E-state index is 0.000191. The van der Waals surface area contributed by atoms with Gasteiger partial charge in [-0.25, -0.2) is 0 Å². The first-order valence-electron chi connectivity index (χ1n) is 5.75. The monoisotopic (exact) mass is 220 g/mol. The van der Waals surface area contributed by atoms with E-state index in [1.165, 1.54) is 5.56 Å². The first kappa shape index (κ1) is 11.2. The quantitative estimate of drug-likeness (QED) is 0.751. The average Bonchev–Trinajstić information content (AvgIpc) is 2.56. The Balaban J connectivity index is 1.89. The van der Waals surface area contributed by atoms with Gasteiger partial charge in [0.15, 0.2) is 0 Å². The van der Waals surface area contributed by atoms with E-state index < -0.39 is 0 Å². The summed E-state index contributed by atoms with van der Waals surface area (Å²) >= 11 is 0. The maximum absolute atomic E-state index is 13.2. The first-order valence-corrected chi connectivity index (χ1v) is 5.75. The van der Waals surface area contributed by atoms with Gasteiger partial charge in [-0.15, -0.1) is 0 Å². The molecule has 1 aromatic rings. The fourth-order valence-electron chi connectivity index (χ4n) is 2.05. The average molecular weight is 220 g/mol. The molecule has 0 aromatic heterocycles. The molecule has 86 valence electrons. The van der Waals surface area contributed by atoms with Gasteiger partial charge in [0.2, 0.25) is 0 Å². The Morgan fingerprint density at radius 2 is 1.94 bits per heavy atom. The van der Waals surface area contributed by atoms with E-state index in [0.717, 1.165) is 18.4 Å². The Labute approximate surface area is 95.9 Å². The summed E-state index contributed by atoms with van der Waals surface area (Å²) in [5.41, 5.74) is 2.03. The molecule has 0 fully saturated rings. The van der Waals surface area contributed by atoms with Gasteiger partial charge in [0.05, 0.1) is 0 Å². The molecule has 2 atom stereocenters. The zero-order valence-corrected chi connectivity index (χ0v) is 9.74. The van der Waals surface area contributed by atoms with Gasteiger partial charge in [0, 0.05) is 11.5 Å². The van der Waals surface area contributed by atoms with Crippen molar-refractivity contribution >= 4 is 0 Å². The maximum Gasteiger partial charge on any atom is 0.272 e. The Hall–Kier alpha value is -1.31. The zero-order valence-electron chi connectivity index (χ0n) is 9.74. The van der Waals surface area contributed by atoms with Crippen LogP contribution in [0.3, 0.4) is 0 Å². The second-order valence-electron chi connectivity index (χ2n) is 4.43. The van der Waals surface area contributed by atoms with Crippen LogP contribution in [-0.2, 0) is 11.2 Å². The molecule has 1 nitrogen and oxygen atoms in total. The van der Waals surface area contributed by atoms with Gasteiger partial charge in [-0.05, 0) is 25.3 Å². The number of aryl methyl sites for hydroxylation is 1. The van der Waals surface area contributed by atoms with Crippen LogP contribution in [0.2, 0.25) is 0 Å². The third-order valence-electron chi connectivity index (χ3n) is 3.37. The van der Waals surface area contributed by atoms with E-state index in [1.807, 2.05) is 32.0 Å². The predicted molar refractivity (Wildman–Crippen MR) is 62.6 cm³/mol. The molecule has 1 heterocycles. The highest BCUT2D eigenvalue weighted by molar-refractivity contribution is 5.16. The van der Waals surface area contributed by atoms with E-state index in [2.05, 4.69) is 12.1 Å². The topological polar surface area (TPSA) is 9.23 Å². The Bertz CT molecular complexity index is 383. The van der Waals surface area contributed by atoms with Crippen molar-refractivity contribution in [1.82, 2.24) is 0 Å². The van der Waals surface area contributed by atoms with E-state index in [1.54, 1.807) is 0 Å². The fraction of sp³-hybridized carbons (Fsp3) is 0.429. The number of ether oxygens (including phenoxy) is 1. The predicted octanol–water partition coefficient (Wildman–Crippen LogP) is 3.86. The smallest absolute Gasteiger partial charge is 0.272 e. The van der Waals surface area contributed by atoms with E-state index in [9.17, 15) is 4.39 Å². The third kappa shape index (κ3) is 2.26. The van der Waals surface area contributed by atoms with E-state index >= 15 is 0 Å². The van der Waals surface area contributed by atoms with Crippen LogP contribution < -0.4 is 0 Å².